The highest BCUT2D eigenvalue weighted by molar-refractivity contribution is 7.90. The van der Waals surface area contributed by atoms with Gasteiger partial charge >= 0.3 is 0 Å². The van der Waals surface area contributed by atoms with Gasteiger partial charge in [-0.25, -0.2) is 13.4 Å². The molecule has 0 radical (unpaired) electrons. The summed E-state index contributed by atoms with van der Waals surface area (Å²) in [5.41, 5.74) is 1.57. The molecule has 0 fully saturated rings. The maximum Gasteiger partial charge on any atom is 0.248 e. The van der Waals surface area contributed by atoms with E-state index in [1.807, 2.05) is 0 Å². The molecule has 102 valence electrons. The van der Waals surface area contributed by atoms with Gasteiger partial charge in [0.05, 0.1) is 21.6 Å². The fourth-order valence-corrected chi connectivity index (χ4v) is 2.58. The van der Waals surface area contributed by atoms with Crippen molar-refractivity contribution >= 4 is 20.9 Å². The number of fused-ring (bicyclic) bond motifs is 1. The SMILES string of the molecule is CS(=O)(=O)c1ccc2nc(-c3cccc(=O)[nH]3)[nH]c2c1. The van der Waals surface area contributed by atoms with E-state index in [-0.39, 0.29) is 10.5 Å². The Labute approximate surface area is 114 Å². The van der Waals surface area contributed by atoms with E-state index < -0.39 is 9.84 Å². The summed E-state index contributed by atoms with van der Waals surface area (Å²) < 4.78 is 23.0. The lowest BCUT2D eigenvalue weighted by Crippen LogP contribution is -2.03. The van der Waals surface area contributed by atoms with Crippen LogP contribution < -0.4 is 5.56 Å². The Morgan fingerprint density at radius 3 is 2.60 bits per heavy atom. The third-order valence-electron chi connectivity index (χ3n) is 2.90. The fraction of sp³-hybridized carbons (Fsp3) is 0.0769. The van der Waals surface area contributed by atoms with Gasteiger partial charge in [-0.1, -0.05) is 6.07 Å². The van der Waals surface area contributed by atoms with Crippen molar-refractivity contribution in [1.29, 1.82) is 0 Å². The summed E-state index contributed by atoms with van der Waals surface area (Å²) in [6.45, 7) is 0. The molecular formula is C13H11N3O3S. The average molecular weight is 289 g/mol. The van der Waals surface area contributed by atoms with Crippen molar-refractivity contribution < 1.29 is 8.42 Å². The molecule has 0 saturated heterocycles. The van der Waals surface area contributed by atoms with Crippen LogP contribution in [0.4, 0.5) is 0 Å². The monoisotopic (exact) mass is 289 g/mol. The molecule has 0 saturated carbocycles. The third kappa shape index (κ3) is 2.23. The first-order chi connectivity index (χ1) is 9.43. The van der Waals surface area contributed by atoms with Crippen LogP contribution in [0.5, 0.6) is 0 Å². The van der Waals surface area contributed by atoms with Crippen molar-refractivity contribution in [3.8, 4) is 11.5 Å². The highest BCUT2D eigenvalue weighted by Gasteiger charge is 2.11. The van der Waals surface area contributed by atoms with Crippen molar-refractivity contribution in [2.75, 3.05) is 6.26 Å². The molecule has 0 atom stereocenters. The number of benzene rings is 1. The van der Waals surface area contributed by atoms with Crippen LogP contribution in [0.2, 0.25) is 0 Å². The number of sulfone groups is 1. The van der Waals surface area contributed by atoms with E-state index in [9.17, 15) is 13.2 Å². The first-order valence-electron chi connectivity index (χ1n) is 5.83. The predicted octanol–water partition coefficient (Wildman–Crippen LogP) is 1.32. The molecule has 0 aliphatic rings. The van der Waals surface area contributed by atoms with Gasteiger partial charge in [0.1, 0.15) is 0 Å². The zero-order valence-corrected chi connectivity index (χ0v) is 11.4. The number of pyridine rings is 1. The highest BCUT2D eigenvalue weighted by atomic mass is 32.2. The molecule has 3 rings (SSSR count). The number of hydrogen-bond donors (Lipinski definition) is 2. The van der Waals surface area contributed by atoms with Crippen molar-refractivity contribution in [2.45, 2.75) is 4.90 Å². The van der Waals surface area contributed by atoms with E-state index in [4.69, 9.17) is 0 Å². The lowest BCUT2D eigenvalue weighted by molar-refractivity contribution is 0.602. The summed E-state index contributed by atoms with van der Waals surface area (Å²) in [7, 11) is -3.26. The maximum atomic E-state index is 11.5. The van der Waals surface area contributed by atoms with Gasteiger partial charge in [-0.3, -0.25) is 4.79 Å². The van der Waals surface area contributed by atoms with Crippen LogP contribution in [-0.4, -0.2) is 29.6 Å². The van der Waals surface area contributed by atoms with Crippen molar-refractivity contribution in [3.63, 3.8) is 0 Å². The highest BCUT2D eigenvalue weighted by Crippen LogP contribution is 2.21. The molecule has 3 aromatic rings. The van der Waals surface area contributed by atoms with Crippen molar-refractivity contribution in [3.05, 3.63) is 46.8 Å². The van der Waals surface area contributed by atoms with Gasteiger partial charge < -0.3 is 9.97 Å². The summed E-state index contributed by atoms with van der Waals surface area (Å²) in [5.74, 6) is 0.489. The molecule has 0 aliphatic heterocycles. The van der Waals surface area contributed by atoms with Gasteiger partial charge in [-0.15, -0.1) is 0 Å². The van der Waals surface area contributed by atoms with E-state index in [0.717, 1.165) is 6.26 Å². The number of imidazole rings is 1. The molecule has 0 bridgehead atoms. The molecule has 1 aromatic carbocycles. The Balaban J connectivity index is 2.19. The molecule has 2 aromatic heterocycles. The lowest BCUT2D eigenvalue weighted by Gasteiger charge is -1.96. The van der Waals surface area contributed by atoms with Gasteiger partial charge in [0.2, 0.25) is 5.56 Å². The van der Waals surface area contributed by atoms with Gasteiger partial charge in [-0.2, -0.15) is 0 Å². The number of nitrogens with one attached hydrogen (secondary N) is 2. The first-order valence-corrected chi connectivity index (χ1v) is 7.72. The minimum Gasteiger partial charge on any atom is -0.337 e. The molecule has 6 nitrogen and oxygen atoms in total. The summed E-state index contributed by atoms with van der Waals surface area (Å²) in [4.78, 5) is 21.5. The Morgan fingerprint density at radius 1 is 1.10 bits per heavy atom. The normalized spacial score (nSPS) is 11.8. The Kier molecular flexibility index (Phi) is 2.72. The smallest absolute Gasteiger partial charge is 0.248 e. The molecule has 7 heteroatoms. The van der Waals surface area contributed by atoms with Gasteiger partial charge in [0.25, 0.3) is 0 Å². The zero-order chi connectivity index (χ0) is 14.3. The van der Waals surface area contributed by atoms with Crippen LogP contribution in [0.3, 0.4) is 0 Å². The first kappa shape index (κ1) is 12.6. The van der Waals surface area contributed by atoms with E-state index in [2.05, 4.69) is 15.0 Å². The van der Waals surface area contributed by atoms with Crippen LogP contribution in [0.25, 0.3) is 22.6 Å². The summed E-state index contributed by atoms with van der Waals surface area (Å²) in [5, 5.41) is 0. The minimum absolute atomic E-state index is 0.222. The zero-order valence-electron chi connectivity index (χ0n) is 10.5. The van der Waals surface area contributed by atoms with Crippen molar-refractivity contribution in [1.82, 2.24) is 15.0 Å². The maximum absolute atomic E-state index is 11.5. The number of aromatic nitrogens is 3. The molecule has 2 N–H and O–H groups in total. The average Bonchev–Trinajstić information content (AvgIpc) is 2.80. The van der Waals surface area contributed by atoms with Gasteiger partial charge in [-0.05, 0) is 24.3 Å². The number of rotatable bonds is 2. The Hall–Kier alpha value is -2.41. The number of nitrogens with zero attached hydrogens (tertiary/aromatic N) is 1. The summed E-state index contributed by atoms with van der Waals surface area (Å²) in [6.07, 6.45) is 1.15. The number of H-pyrrole nitrogens is 2. The number of aromatic amines is 2. The van der Waals surface area contributed by atoms with E-state index in [0.29, 0.717) is 22.6 Å². The summed E-state index contributed by atoms with van der Waals surface area (Å²) >= 11 is 0. The van der Waals surface area contributed by atoms with E-state index in [1.54, 1.807) is 18.2 Å². The molecule has 2 heterocycles. The van der Waals surface area contributed by atoms with Crippen LogP contribution >= 0.6 is 0 Å². The van der Waals surface area contributed by atoms with Crippen LogP contribution in [0.15, 0.2) is 46.1 Å². The van der Waals surface area contributed by atoms with E-state index in [1.165, 1.54) is 18.2 Å². The van der Waals surface area contributed by atoms with Crippen LogP contribution in [-0.2, 0) is 9.84 Å². The predicted molar refractivity (Wildman–Crippen MR) is 75.3 cm³/mol. The second-order valence-corrected chi connectivity index (χ2v) is 6.48. The second-order valence-electron chi connectivity index (χ2n) is 4.47. The molecular weight excluding hydrogens is 278 g/mol. The Morgan fingerprint density at radius 2 is 1.90 bits per heavy atom. The van der Waals surface area contributed by atoms with Crippen LogP contribution in [0, 0.1) is 0 Å². The summed E-state index contributed by atoms with van der Waals surface area (Å²) in [6, 6.07) is 9.43. The van der Waals surface area contributed by atoms with Gasteiger partial charge in [0, 0.05) is 12.3 Å². The molecule has 20 heavy (non-hydrogen) atoms. The standard InChI is InChI=1S/C13H11N3O3S/c1-20(18,19)8-5-6-9-11(7-8)16-13(15-9)10-3-2-4-12(17)14-10/h2-7H,1H3,(H,14,17)(H,15,16). The fourth-order valence-electron chi connectivity index (χ4n) is 1.93. The molecule has 0 unspecified atom stereocenters. The Bertz CT molecular complexity index is 954. The lowest BCUT2D eigenvalue weighted by atomic mass is 10.3. The minimum atomic E-state index is -3.26. The van der Waals surface area contributed by atoms with Crippen LogP contribution in [0.1, 0.15) is 0 Å². The number of hydrogen-bond acceptors (Lipinski definition) is 4. The molecule has 0 aliphatic carbocycles. The van der Waals surface area contributed by atoms with E-state index >= 15 is 0 Å². The quantitative estimate of drug-likeness (QED) is 0.743. The third-order valence-corrected chi connectivity index (χ3v) is 4.02. The molecule has 0 spiro atoms. The largest absolute Gasteiger partial charge is 0.337 e. The topological polar surface area (TPSA) is 95.7 Å². The second kappa shape index (κ2) is 4.31. The van der Waals surface area contributed by atoms with Gasteiger partial charge in [0.15, 0.2) is 15.7 Å². The molecule has 0 amide bonds. The van der Waals surface area contributed by atoms with Crippen molar-refractivity contribution in [2.24, 2.45) is 0 Å².